The minimum Gasteiger partial charge on any atom is -0.472 e. The van der Waals surface area contributed by atoms with Crippen molar-refractivity contribution < 1.29 is 9.52 Å². The first-order chi connectivity index (χ1) is 7.68. The molecule has 1 N–H and O–H groups in total. The van der Waals surface area contributed by atoms with Gasteiger partial charge >= 0.3 is 0 Å². The first-order valence-corrected chi connectivity index (χ1v) is 5.16. The molecule has 2 rings (SSSR count). The van der Waals surface area contributed by atoms with Crippen molar-refractivity contribution in [2.24, 2.45) is 0 Å². The third-order valence-electron chi connectivity index (χ3n) is 2.58. The Morgan fingerprint density at radius 1 is 1.06 bits per heavy atom. The van der Waals surface area contributed by atoms with Gasteiger partial charge in [0, 0.05) is 25.3 Å². The molecule has 0 amide bonds. The summed E-state index contributed by atoms with van der Waals surface area (Å²) >= 11 is 0. The standard InChI is InChI=1S/C13H15NO2/c1-14(2)12-5-3-10(4-6-12)13(15)11-7-8-16-9-11/h3-9,13,15H,1-2H3. The monoisotopic (exact) mass is 217 g/mol. The molecule has 84 valence electrons. The molecule has 0 bridgehead atoms. The van der Waals surface area contributed by atoms with Gasteiger partial charge in [0.25, 0.3) is 0 Å². The number of hydrogen-bond donors (Lipinski definition) is 1. The highest BCUT2D eigenvalue weighted by atomic mass is 16.3. The van der Waals surface area contributed by atoms with Crippen LogP contribution in [0.3, 0.4) is 0 Å². The maximum atomic E-state index is 10.0. The molecule has 3 heteroatoms. The molecule has 1 atom stereocenters. The highest BCUT2D eigenvalue weighted by Crippen LogP contribution is 2.23. The molecule has 1 unspecified atom stereocenters. The molecular weight excluding hydrogens is 202 g/mol. The number of aliphatic hydroxyl groups is 1. The average Bonchev–Trinajstić information content (AvgIpc) is 2.81. The molecule has 1 aromatic carbocycles. The van der Waals surface area contributed by atoms with Crippen molar-refractivity contribution in [1.82, 2.24) is 0 Å². The predicted octanol–water partition coefficient (Wildman–Crippen LogP) is 2.43. The fraction of sp³-hybridized carbons (Fsp3) is 0.231. The van der Waals surface area contributed by atoms with E-state index < -0.39 is 6.10 Å². The van der Waals surface area contributed by atoms with Crippen molar-refractivity contribution in [3.63, 3.8) is 0 Å². The summed E-state index contributed by atoms with van der Waals surface area (Å²) in [6.45, 7) is 0. The third kappa shape index (κ3) is 2.09. The highest BCUT2D eigenvalue weighted by molar-refractivity contribution is 5.47. The smallest absolute Gasteiger partial charge is 0.107 e. The Hall–Kier alpha value is -1.74. The molecule has 1 heterocycles. The van der Waals surface area contributed by atoms with Crippen molar-refractivity contribution >= 4 is 5.69 Å². The van der Waals surface area contributed by atoms with Crippen molar-refractivity contribution in [3.05, 3.63) is 54.0 Å². The van der Waals surface area contributed by atoms with Crippen LogP contribution in [0.1, 0.15) is 17.2 Å². The fourth-order valence-electron chi connectivity index (χ4n) is 1.58. The fourth-order valence-corrected chi connectivity index (χ4v) is 1.58. The summed E-state index contributed by atoms with van der Waals surface area (Å²) in [6, 6.07) is 9.59. The van der Waals surface area contributed by atoms with Gasteiger partial charge in [0.15, 0.2) is 0 Å². The lowest BCUT2D eigenvalue weighted by molar-refractivity contribution is 0.219. The van der Waals surface area contributed by atoms with E-state index in [-0.39, 0.29) is 0 Å². The maximum Gasteiger partial charge on any atom is 0.107 e. The summed E-state index contributed by atoms with van der Waals surface area (Å²) in [4.78, 5) is 2.02. The molecule has 0 spiro atoms. The quantitative estimate of drug-likeness (QED) is 0.857. The number of furan rings is 1. The summed E-state index contributed by atoms with van der Waals surface area (Å²) in [6.07, 6.45) is 2.51. The summed E-state index contributed by atoms with van der Waals surface area (Å²) in [5, 5.41) is 10.0. The molecule has 16 heavy (non-hydrogen) atoms. The zero-order chi connectivity index (χ0) is 11.5. The van der Waals surface area contributed by atoms with Crippen molar-refractivity contribution in [2.75, 3.05) is 19.0 Å². The van der Waals surface area contributed by atoms with E-state index in [1.165, 1.54) is 0 Å². The van der Waals surface area contributed by atoms with Crippen LogP contribution >= 0.6 is 0 Å². The molecule has 0 fully saturated rings. The van der Waals surface area contributed by atoms with Crippen LogP contribution in [-0.2, 0) is 0 Å². The molecule has 0 saturated carbocycles. The van der Waals surface area contributed by atoms with Crippen LogP contribution in [0.4, 0.5) is 5.69 Å². The highest BCUT2D eigenvalue weighted by Gasteiger charge is 2.11. The lowest BCUT2D eigenvalue weighted by Crippen LogP contribution is -2.08. The first kappa shape index (κ1) is 10.8. The summed E-state index contributed by atoms with van der Waals surface area (Å²) in [7, 11) is 3.98. The van der Waals surface area contributed by atoms with Gasteiger partial charge in [-0.15, -0.1) is 0 Å². The number of anilines is 1. The zero-order valence-corrected chi connectivity index (χ0v) is 9.42. The van der Waals surface area contributed by atoms with Gasteiger partial charge in [0.05, 0.1) is 12.5 Å². The van der Waals surface area contributed by atoms with E-state index in [0.29, 0.717) is 0 Å². The van der Waals surface area contributed by atoms with Gasteiger partial charge < -0.3 is 14.4 Å². The van der Waals surface area contributed by atoms with Gasteiger partial charge in [-0.05, 0) is 23.8 Å². The molecule has 2 aromatic rings. The first-order valence-electron chi connectivity index (χ1n) is 5.16. The number of benzene rings is 1. The van der Waals surface area contributed by atoms with Gasteiger partial charge in [0.1, 0.15) is 6.10 Å². The Morgan fingerprint density at radius 3 is 2.25 bits per heavy atom. The van der Waals surface area contributed by atoms with Gasteiger partial charge in [0.2, 0.25) is 0 Å². The SMILES string of the molecule is CN(C)c1ccc(C(O)c2ccoc2)cc1. The van der Waals surface area contributed by atoms with Gasteiger partial charge in [-0.2, -0.15) is 0 Å². The van der Waals surface area contributed by atoms with Crippen LogP contribution in [0.2, 0.25) is 0 Å². The topological polar surface area (TPSA) is 36.6 Å². The number of hydrogen-bond acceptors (Lipinski definition) is 3. The lowest BCUT2D eigenvalue weighted by Gasteiger charge is -2.14. The molecule has 0 saturated heterocycles. The Balaban J connectivity index is 2.22. The zero-order valence-electron chi connectivity index (χ0n) is 9.42. The number of nitrogens with zero attached hydrogens (tertiary/aromatic N) is 1. The van der Waals surface area contributed by atoms with Crippen LogP contribution in [0.25, 0.3) is 0 Å². The molecule has 0 aliphatic rings. The molecule has 0 aliphatic carbocycles. The van der Waals surface area contributed by atoms with Crippen LogP contribution < -0.4 is 4.90 Å². The average molecular weight is 217 g/mol. The van der Waals surface area contributed by atoms with Crippen LogP contribution in [-0.4, -0.2) is 19.2 Å². The Bertz CT molecular complexity index is 431. The molecular formula is C13H15NO2. The number of rotatable bonds is 3. The van der Waals surface area contributed by atoms with E-state index in [2.05, 4.69) is 0 Å². The lowest BCUT2D eigenvalue weighted by atomic mass is 10.0. The molecule has 1 aromatic heterocycles. The number of aliphatic hydroxyl groups excluding tert-OH is 1. The molecule has 0 aliphatic heterocycles. The van der Waals surface area contributed by atoms with Crippen LogP contribution in [0.5, 0.6) is 0 Å². The second-order valence-corrected chi connectivity index (χ2v) is 3.95. The van der Waals surface area contributed by atoms with Gasteiger partial charge in [-0.25, -0.2) is 0 Å². The summed E-state index contributed by atoms with van der Waals surface area (Å²) < 4.78 is 4.95. The van der Waals surface area contributed by atoms with E-state index in [0.717, 1.165) is 16.8 Å². The van der Waals surface area contributed by atoms with E-state index in [4.69, 9.17) is 4.42 Å². The Morgan fingerprint density at radius 2 is 1.75 bits per heavy atom. The van der Waals surface area contributed by atoms with E-state index in [1.807, 2.05) is 43.3 Å². The van der Waals surface area contributed by atoms with E-state index in [9.17, 15) is 5.11 Å². The predicted molar refractivity (Wildman–Crippen MR) is 63.5 cm³/mol. The van der Waals surface area contributed by atoms with Crippen LogP contribution in [0, 0.1) is 0 Å². The molecule has 0 radical (unpaired) electrons. The van der Waals surface area contributed by atoms with Crippen molar-refractivity contribution in [2.45, 2.75) is 6.10 Å². The second-order valence-electron chi connectivity index (χ2n) is 3.95. The van der Waals surface area contributed by atoms with Gasteiger partial charge in [-0.3, -0.25) is 0 Å². The normalized spacial score (nSPS) is 12.4. The van der Waals surface area contributed by atoms with Gasteiger partial charge in [-0.1, -0.05) is 12.1 Å². The maximum absolute atomic E-state index is 10.0. The summed E-state index contributed by atoms with van der Waals surface area (Å²) in [5.41, 5.74) is 2.76. The summed E-state index contributed by atoms with van der Waals surface area (Å²) in [5.74, 6) is 0. The van der Waals surface area contributed by atoms with E-state index in [1.54, 1.807) is 18.6 Å². The molecule has 3 nitrogen and oxygen atoms in total. The third-order valence-corrected chi connectivity index (χ3v) is 2.58. The largest absolute Gasteiger partial charge is 0.472 e. The van der Waals surface area contributed by atoms with Crippen molar-refractivity contribution in [1.29, 1.82) is 0 Å². The minimum atomic E-state index is -0.616. The van der Waals surface area contributed by atoms with E-state index >= 15 is 0 Å². The Kier molecular flexibility index (Phi) is 2.97. The van der Waals surface area contributed by atoms with Crippen molar-refractivity contribution in [3.8, 4) is 0 Å². The Labute approximate surface area is 94.9 Å². The second kappa shape index (κ2) is 4.41. The van der Waals surface area contributed by atoms with Crippen LogP contribution in [0.15, 0.2) is 47.3 Å². The minimum absolute atomic E-state index is 0.616.